The molecule has 166 valence electrons. The smallest absolute Gasteiger partial charge is 0.242 e. The van der Waals surface area contributed by atoms with Crippen molar-refractivity contribution in [3.63, 3.8) is 0 Å². The summed E-state index contributed by atoms with van der Waals surface area (Å²) in [5, 5.41) is 0.901. The third kappa shape index (κ3) is 4.87. The lowest BCUT2D eigenvalue weighted by Gasteiger charge is -2.18. The largest absolute Gasteiger partial charge is 0.341 e. The highest BCUT2D eigenvalue weighted by molar-refractivity contribution is 7.89. The van der Waals surface area contributed by atoms with E-state index in [9.17, 15) is 13.2 Å². The first kappa shape index (κ1) is 23.5. The number of hydrogen-bond donors (Lipinski definition) is 0. The lowest BCUT2D eigenvalue weighted by atomic mass is 10.2. The van der Waals surface area contributed by atoms with E-state index in [2.05, 4.69) is 4.98 Å². The van der Waals surface area contributed by atoms with Crippen LogP contribution in [0.2, 0.25) is 10.0 Å². The molecule has 0 aliphatic rings. The van der Waals surface area contributed by atoms with Crippen molar-refractivity contribution in [1.29, 1.82) is 0 Å². The Morgan fingerprint density at radius 2 is 1.84 bits per heavy atom. The fourth-order valence-corrected chi connectivity index (χ4v) is 4.55. The van der Waals surface area contributed by atoms with E-state index in [1.54, 1.807) is 42.3 Å². The third-order valence-corrected chi connectivity index (χ3v) is 7.82. The summed E-state index contributed by atoms with van der Waals surface area (Å²) in [7, 11) is 3.00. The minimum absolute atomic E-state index is 0.0565. The summed E-state index contributed by atoms with van der Waals surface area (Å²) >= 11 is 12.3. The number of nitrogens with zero attached hydrogens (tertiary/aromatic N) is 4. The standard InChI is InChI=1S/C21H24Cl2N4O3S/c1-25(2)31(29,30)15-8-9-18-17(12-15)24-19(27(18)4)10-11-20(28)26(3)13-14-6-5-7-16(22)21(14)23/h5-9,12H,10-11,13H2,1-4H3. The Balaban J connectivity index is 1.73. The van der Waals surface area contributed by atoms with Gasteiger partial charge in [-0.25, -0.2) is 17.7 Å². The van der Waals surface area contributed by atoms with Crippen LogP contribution in [0.4, 0.5) is 0 Å². The maximum absolute atomic E-state index is 12.6. The van der Waals surface area contributed by atoms with Crippen molar-refractivity contribution in [2.75, 3.05) is 21.1 Å². The fraction of sp³-hybridized carbons (Fsp3) is 0.333. The molecule has 0 spiro atoms. The molecule has 0 bridgehead atoms. The topological polar surface area (TPSA) is 75.5 Å². The number of sulfonamides is 1. The molecule has 0 saturated heterocycles. The van der Waals surface area contributed by atoms with Gasteiger partial charge in [0, 0.05) is 47.6 Å². The minimum Gasteiger partial charge on any atom is -0.341 e. The van der Waals surface area contributed by atoms with Gasteiger partial charge in [0.2, 0.25) is 15.9 Å². The number of imidazole rings is 1. The van der Waals surface area contributed by atoms with Crippen LogP contribution >= 0.6 is 23.2 Å². The molecule has 0 aliphatic carbocycles. The van der Waals surface area contributed by atoms with Gasteiger partial charge in [-0.15, -0.1) is 0 Å². The number of benzene rings is 2. The van der Waals surface area contributed by atoms with Gasteiger partial charge in [0.25, 0.3) is 0 Å². The highest BCUT2D eigenvalue weighted by Gasteiger charge is 2.20. The molecule has 1 amide bonds. The molecule has 3 rings (SSSR count). The number of carbonyl (C=O) groups is 1. The molecule has 0 radical (unpaired) electrons. The molecule has 0 saturated carbocycles. The highest BCUT2D eigenvalue weighted by atomic mass is 35.5. The van der Waals surface area contributed by atoms with Crippen molar-refractivity contribution in [2.24, 2.45) is 7.05 Å². The summed E-state index contributed by atoms with van der Waals surface area (Å²) < 4.78 is 27.8. The molecule has 0 unspecified atom stereocenters. The van der Waals surface area contributed by atoms with Gasteiger partial charge < -0.3 is 9.47 Å². The number of fused-ring (bicyclic) bond motifs is 1. The molecule has 0 N–H and O–H groups in total. The van der Waals surface area contributed by atoms with Gasteiger partial charge in [-0.2, -0.15) is 0 Å². The van der Waals surface area contributed by atoms with Crippen LogP contribution in [-0.2, 0) is 34.8 Å². The summed E-state index contributed by atoms with van der Waals surface area (Å²) in [6, 6.07) is 10.2. The Labute approximate surface area is 192 Å². The van der Waals surface area contributed by atoms with Crippen molar-refractivity contribution >= 4 is 50.2 Å². The summed E-state index contributed by atoms with van der Waals surface area (Å²) in [6.45, 7) is 0.354. The molecule has 10 heteroatoms. The van der Waals surface area contributed by atoms with Crippen LogP contribution in [-0.4, -0.2) is 54.2 Å². The zero-order chi connectivity index (χ0) is 22.9. The summed E-state index contributed by atoms with van der Waals surface area (Å²) in [6.07, 6.45) is 0.683. The zero-order valence-corrected chi connectivity index (χ0v) is 20.1. The second-order valence-electron chi connectivity index (χ2n) is 7.49. The maximum atomic E-state index is 12.6. The third-order valence-electron chi connectivity index (χ3n) is 5.15. The van der Waals surface area contributed by atoms with Gasteiger partial charge in [0.05, 0.1) is 26.0 Å². The molecule has 1 heterocycles. The Hall–Kier alpha value is -2.13. The molecule has 31 heavy (non-hydrogen) atoms. The number of hydrogen-bond acceptors (Lipinski definition) is 4. The molecule has 2 aromatic carbocycles. The highest BCUT2D eigenvalue weighted by Crippen LogP contribution is 2.26. The second kappa shape index (κ2) is 9.16. The molecule has 0 atom stereocenters. The van der Waals surface area contributed by atoms with Gasteiger partial charge in [-0.05, 0) is 29.8 Å². The Morgan fingerprint density at radius 1 is 1.13 bits per heavy atom. The van der Waals surface area contributed by atoms with Crippen molar-refractivity contribution < 1.29 is 13.2 Å². The first-order valence-corrected chi connectivity index (χ1v) is 11.8. The van der Waals surface area contributed by atoms with E-state index in [0.717, 1.165) is 11.1 Å². The lowest BCUT2D eigenvalue weighted by Crippen LogP contribution is -2.26. The molecule has 0 aliphatic heterocycles. The average Bonchev–Trinajstić information content (AvgIpc) is 3.04. The predicted molar refractivity (Wildman–Crippen MR) is 123 cm³/mol. The van der Waals surface area contributed by atoms with E-state index in [1.165, 1.54) is 18.4 Å². The van der Waals surface area contributed by atoms with Crippen LogP contribution in [0.5, 0.6) is 0 Å². The zero-order valence-electron chi connectivity index (χ0n) is 17.8. The first-order chi connectivity index (χ1) is 14.5. The number of amides is 1. The maximum Gasteiger partial charge on any atom is 0.242 e. The van der Waals surface area contributed by atoms with Crippen molar-refractivity contribution in [2.45, 2.75) is 24.3 Å². The fourth-order valence-electron chi connectivity index (χ4n) is 3.25. The molecule has 7 nitrogen and oxygen atoms in total. The Kier molecular flexibility index (Phi) is 6.95. The van der Waals surface area contributed by atoms with Gasteiger partial charge in [0.15, 0.2) is 0 Å². The SMILES string of the molecule is CN(Cc1cccc(Cl)c1Cl)C(=O)CCc1nc2cc(S(=O)(=O)N(C)C)ccc2n1C. The van der Waals surface area contributed by atoms with Gasteiger partial charge in [0.1, 0.15) is 5.82 Å². The summed E-state index contributed by atoms with van der Waals surface area (Å²) in [5.41, 5.74) is 2.16. The van der Waals surface area contributed by atoms with Gasteiger partial charge >= 0.3 is 0 Å². The van der Waals surface area contributed by atoms with E-state index >= 15 is 0 Å². The summed E-state index contributed by atoms with van der Waals surface area (Å²) in [4.78, 5) is 19.0. The average molecular weight is 483 g/mol. The molecule has 0 fully saturated rings. The van der Waals surface area contributed by atoms with E-state index in [1.807, 2.05) is 17.7 Å². The Bertz CT molecular complexity index is 1240. The van der Waals surface area contributed by atoms with E-state index in [-0.39, 0.29) is 17.2 Å². The van der Waals surface area contributed by atoms with Crippen molar-refractivity contribution in [3.05, 3.63) is 57.8 Å². The van der Waals surface area contributed by atoms with Crippen LogP contribution in [0.15, 0.2) is 41.3 Å². The second-order valence-corrected chi connectivity index (χ2v) is 10.4. The number of halogens is 2. The van der Waals surface area contributed by atoms with Crippen LogP contribution in [0.1, 0.15) is 17.8 Å². The number of aromatic nitrogens is 2. The van der Waals surface area contributed by atoms with Crippen LogP contribution in [0.3, 0.4) is 0 Å². The normalized spacial score (nSPS) is 12.0. The number of carbonyl (C=O) groups excluding carboxylic acids is 1. The summed E-state index contributed by atoms with van der Waals surface area (Å²) in [5.74, 6) is 0.649. The first-order valence-electron chi connectivity index (χ1n) is 9.57. The van der Waals surface area contributed by atoms with Crippen molar-refractivity contribution in [1.82, 2.24) is 18.8 Å². The van der Waals surface area contributed by atoms with E-state index < -0.39 is 10.0 Å². The molecule has 3 aromatic rings. The Morgan fingerprint density at radius 3 is 2.52 bits per heavy atom. The quantitative estimate of drug-likeness (QED) is 0.514. The van der Waals surface area contributed by atoms with Crippen LogP contribution < -0.4 is 0 Å². The molecular formula is C21H24Cl2N4O3S. The number of rotatable bonds is 7. The lowest BCUT2D eigenvalue weighted by molar-refractivity contribution is -0.130. The van der Waals surface area contributed by atoms with E-state index in [4.69, 9.17) is 23.2 Å². The van der Waals surface area contributed by atoms with Crippen LogP contribution in [0, 0.1) is 0 Å². The molecule has 1 aromatic heterocycles. The monoisotopic (exact) mass is 482 g/mol. The van der Waals surface area contributed by atoms with Crippen LogP contribution in [0.25, 0.3) is 11.0 Å². The van der Waals surface area contributed by atoms with E-state index in [0.29, 0.717) is 34.4 Å². The predicted octanol–water partition coefficient (Wildman–Crippen LogP) is 3.72. The molecular weight excluding hydrogens is 459 g/mol. The number of aryl methyl sites for hydroxylation is 2. The van der Waals surface area contributed by atoms with Gasteiger partial charge in [-0.3, -0.25) is 4.79 Å². The minimum atomic E-state index is -3.54. The van der Waals surface area contributed by atoms with Crippen molar-refractivity contribution in [3.8, 4) is 0 Å². The van der Waals surface area contributed by atoms with Gasteiger partial charge in [-0.1, -0.05) is 35.3 Å².